The van der Waals surface area contributed by atoms with E-state index in [9.17, 15) is 31.2 Å². The van der Waals surface area contributed by atoms with Crippen molar-refractivity contribution in [1.29, 1.82) is 0 Å². The Labute approximate surface area is 208 Å². The fraction of sp³-hybridized carbons (Fsp3) is 0.182. The van der Waals surface area contributed by atoms with Crippen molar-refractivity contribution in [3.8, 4) is 0 Å². The Morgan fingerprint density at radius 3 is 2.28 bits per heavy atom. The second-order valence-corrected chi connectivity index (χ2v) is 10.1. The summed E-state index contributed by atoms with van der Waals surface area (Å²) in [6.07, 6.45) is -4.64. The molecule has 9 nitrogen and oxygen atoms in total. The highest BCUT2D eigenvalue weighted by atomic mass is 32.2. The predicted octanol–water partition coefficient (Wildman–Crippen LogP) is 3.47. The topological polar surface area (TPSA) is 130 Å². The molecule has 0 saturated carbocycles. The number of carbonyl (C=O) groups excluding carboxylic acids is 2. The molecule has 2 amide bonds. The van der Waals surface area contributed by atoms with Crippen LogP contribution in [0.4, 0.5) is 18.9 Å². The molecule has 0 radical (unpaired) electrons. The van der Waals surface area contributed by atoms with Gasteiger partial charge in [-0.05, 0) is 56.3 Å². The Kier molecular flexibility index (Phi) is 8.20. The van der Waals surface area contributed by atoms with Crippen LogP contribution in [0.15, 0.2) is 64.6 Å². The number of nitrogens with zero attached hydrogens (tertiary/aromatic N) is 2. The highest BCUT2D eigenvalue weighted by Crippen LogP contribution is 2.31. The van der Waals surface area contributed by atoms with Crippen LogP contribution in [0.1, 0.15) is 27.3 Å². The van der Waals surface area contributed by atoms with Crippen molar-refractivity contribution in [2.75, 3.05) is 10.5 Å². The van der Waals surface area contributed by atoms with Gasteiger partial charge in [-0.15, -0.1) is 0 Å². The van der Waals surface area contributed by atoms with E-state index in [1.807, 2.05) is 0 Å². The molecular weight excluding hydrogens is 519 g/mol. The molecule has 0 unspecified atom stereocenters. The lowest BCUT2D eigenvalue weighted by Crippen LogP contribution is -2.42. The Morgan fingerprint density at radius 2 is 1.61 bits per heavy atom. The summed E-state index contributed by atoms with van der Waals surface area (Å²) in [6.45, 7) is 3.59. The van der Waals surface area contributed by atoms with Crippen LogP contribution in [-0.4, -0.2) is 36.0 Å². The van der Waals surface area contributed by atoms with Crippen LogP contribution in [0, 0.1) is 13.8 Å². The molecule has 0 aliphatic carbocycles. The molecule has 190 valence electrons. The maximum atomic E-state index is 12.9. The van der Waals surface area contributed by atoms with E-state index in [1.165, 1.54) is 24.3 Å². The van der Waals surface area contributed by atoms with Crippen molar-refractivity contribution >= 4 is 39.3 Å². The number of hydrogen-bond donors (Lipinski definition) is 3. The van der Waals surface area contributed by atoms with Gasteiger partial charge in [-0.2, -0.15) is 13.2 Å². The number of hydrazine groups is 1. The van der Waals surface area contributed by atoms with E-state index in [2.05, 4.69) is 25.5 Å². The first kappa shape index (κ1) is 26.9. The highest BCUT2D eigenvalue weighted by molar-refractivity contribution is 7.99. The van der Waals surface area contributed by atoms with Crippen molar-refractivity contribution in [2.45, 2.75) is 30.1 Å². The average molecular weight is 540 g/mol. The standard InChI is InChI=1S/C22H20F3N5O4S2/c1-13-9-14(2)27-21(26-13)35-12-19(31)28-29-20(32)15-5-3-8-18(10-15)36(33,34)30-17-7-4-6-16(11-17)22(23,24)25/h3-11,30H,12H2,1-2H3,(H,28,31)(H,29,32). The molecule has 1 aromatic heterocycles. The van der Waals surface area contributed by atoms with Gasteiger partial charge >= 0.3 is 6.18 Å². The highest BCUT2D eigenvalue weighted by Gasteiger charge is 2.30. The Hall–Kier alpha value is -3.65. The molecule has 0 atom stereocenters. The lowest BCUT2D eigenvalue weighted by molar-refractivity contribution is -0.137. The van der Waals surface area contributed by atoms with E-state index in [4.69, 9.17) is 0 Å². The van der Waals surface area contributed by atoms with Crippen molar-refractivity contribution in [3.63, 3.8) is 0 Å². The Bertz CT molecular complexity index is 1380. The van der Waals surface area contributed by atoms with Crippen LogP contribution in [-0.2, 0) is 21.0 Å². The number of amides is 2. The number of carbonyl (C=O) groups is 2. The third kappa shape index (κ3) is 7.42. The van der Waals surface area contributed by atoms with Gasteiger partial charge in [0.25, 0.3) is 15.9 Å². The van der Waals surface area contributed by atoms with Crippen molar-refractivity contribution < 1.29 is 31.2 Å². The number of rotatable bonds is 7. The number of nitrogens with one attached hydrogen (secondary N) is 3. The van der Waals surface area contributed by atoms with Gasteiger partial charge < -0.3 is 0 Å². The molecule has 0 aliphatic rings. The molecule has 0 fully saturated rings. The normalized spacial score (nSPS) is 11.6. The van der Waals surface area contributed by atoms with Gasteiger partial charge in [-0.25, -0.2) is 18.4 Å². The van der Waals surface area contributed by atoms with E-state index in [0.29, 0.717) is 11.2 Å². The van der Waals surface area contributed by atoms with E-state index in [-0.39, 0.29) is 21.9 Å². The lowest BCUT2D eigenvalue weighted by Gasteiger charge is -2.12. The second kappa shape index (κ2) is 11.0. The van der Waals surface area contributed by atoms with Crippen LogP contribution < -0.4 is 15.6 Å². The molecule has 3 N–H and O–H groups in total. The van der Waals surface area contributed by atoms with E-state index in [0.717, 1.165) is 41.3 Å². The number of aryl methyl sites for hydroxylation is 2. The van der Waals surface area contributed by atoms with Gasteiger partial charge in [0.05, 0.1) is 16.2 Å². The predicted molar refractivity (Wildman–Crippen MR) is 127 cm³/mol. The molecule has 0 spiro atoms. The summed E-state index contributed by atoms with van der Waals surface area (Å²) >= 11 is 1.07. The summed E-state index contributed by atoms with van der Waals surface area (Å²) in [5.41, 5.74) is 4.46. The zero-order chi connectivity index (χ0) is 26.5. The van der Waals surface area contributed by atoms with Crippen molar-refractivity contribution in [1.82, 2.24) is 20.8 Å². The summed E-state index contributed by atoms with van der Waals surface area (Å²) in [7, 11) is -4.31. The molecule has 1 heterocycles. The molecule has 3 rings (SSSR count). The average Bonchev–Trinajstić information content (AvgIpc) is 2.80. The molecule has 0 aliphatic heterocycles. The van der Waals surface area contributed by atoms with Crippen LogP contribution in [0.5, 0.6) is 0 Å². The number of halogens is 3. The number of anilines is 1. The minimum atomic E-state index is -4.64. The van der Waals surface area contributed by atoms with Gasteiger partial charge in [0.2, 0.25) is 5.91 Å². The number of sulfonamides is 1. The summed E-state index contributed by atoms with van der Waals surface area (Å²) < 4.78 is 66.1. The third-order valence-corrected chi connectivity index (χ3v) is 6.68. The van der Waals surface area contributed by atoms with Gasteiger partial charge in [-0.3, -0.25) is 25.2 Å². The summed E-state index contributed by atoms with van der Waals surface area (Å²) in [5, 5.41) is 0.403. The van der Waals surface area contributed by atoms with Crippen LogP contribution in [0.2, 0.25) is 0 Å². The zero-order valence-electron chi connectivity index (χ0n) is 18.9. The van der Waals surface area contributed by atoms with E-state index in [1.54, 1.807) is 19.9 Å². The molecular formula is C22H20F3N5O4S2. The van der Waals surface area contributed by atoms with Crippen LogP contribution >= 0.6 is 11.8 Å². The monoisotopic (exact) mass is 539 g/mol. The number of aromatic nitrogens is 2. The minimum Gasteiger partial charge on any atom is -0.280 e. The first-order valence-corrected chi connectivity index (χ1v) is 12.6. The van der Waals surface area contributed by atoms with Crippen molar-refractivity contribution in [3.05, 3.63) is 77.1 Å². The molecule has 14 heteroatoms. The Balaban J connectivity index is 1.62. The fourth-order valence-electron chi connectivity index (χ4n) is 2.90. The second-order valence-electron chi connectivity index (χ2n) is 7.44. The minimum absolute atomic E-state index is 0.0848. The summed E-state index contributed by atoms with van der Waals surface area (Å²) in [4.78, 5) is 32.5. The largest absolute Gasteiger partial charge is 0.416 e. The SMILES string of the molecule is Cc1cc(C)nc(SCC(=O)NNC(=O)c2cccc(S(=O)(=O)Nc3cccc(C(F)(F)F)c3)c2)n1. The first-order valence-electron chi connectivity index (χ1n) is 10.2. The van der Waals surface area contributed by atoms with Gasteiger partial charge in [0, 0.05) is 22.6 Å². The molecule has 3 aromatic rings. The first-order chi connectivity index (χ1) is 16.8. The van der Waals surface area contributed by atoms with Gasteiger partial charge in [0.1, 0.15) is 0 Å². The number of benzene rings is 2. The van der Waals surface area contributed by atoms with Crippen LogP contribution in [0.25, 0.3) is 0 Å². The summed E-state index contributed by atoms with van der Waals surface area (Å²) in [6, 6.07) is 10.3. The number of thioether (sulfide) groups is 1. The van der Waals surface area contributed by atoms with Gasteiger partial charge in [0.15, 0.2) is 5.16 Å². The van der Waals surface area contributed by atoms with Crippen LogP contribution in [0.3, 0.4) is 0 Å². The molecule has 0 bridgehead atoms. The zero-order valence-corrected chi connectivity index (χ0v) is 20.5. The number of alkyl halides is 3. The fourth-order valence-corrected chi connectivity index (χ4v) is 4.74. The maximum absolute atomic E-state index is 12.9. The lowest BCUT2D eigenvalue weighted by atomic mass is 10.2. The van der Waals surface area contributed by atoms with Gasteiger partial charge in [-0.1, -0.05) is 23.9 Å². The van der Waals surface area contributed by atoms with E-state index < -0.39 is 33.6 Å². The maximum Gasteiger partial charge on any atom is 0.416 e. The third-order valence-electron chi connectivity index (χ3n) is 4.46. The van der Waals surface area contributed by atoms with Crippen molar-refractivity contribution in [2.24, 2.45) is 0 Å². The summed E-state index contributed by atoms with van der Waals surface area (Å²) in [5.74, 6) is -1.43. The van der Waals surface area contributed by atoms with E-state index >= 15 is 0 Å². The molecule has 36 heavy (non-hydrogen) atoms. The smallest absolute Gasteiger partial charge is 0.280 e. The Morgan fingerprint density at radius 1 is 0.944 bits per heavy atom. The molecule has 0 saturated heterocycles. The number of hydrogen-bond acceptors (Lipinski definition) is 7. The molecule has 2 aromatic carbocycles. The quantitative estimate of drug-likeness (QED) is 0.238.